The fourth-order valence-corrected chi connectivity index (χ4v) is 2.56. The molecule has 2 N–H and O–H groups in total. The van der Waals surface area contributed by atoms with Gasteiger partial charge in [-0.25, -0.2) is 4.79 Å². The second-order valence-corrected chi connectivity index (χ2v) is 6.07. The number of nitrogens with one attached hydrogen (secondary N) is 2. The highest BCUT2D eigenvalue weighted by molar-refractivity contribution is 5.74. The summed E-state index contributed by atoms with van der Waals surface area (Å²) in [4.78, 5) is 14.2. The molecule has 0 saturated carbocycles. The number of urea groups is 1. The third kappa shape index (κ3) is 5.53. The molecule has 0 aliphatic heterocycles. The first kappa shape index (κ1) is 18.9. The van der Waals surface area contributed by atoms with Gasteiger partial charge < -0.3 is 19.8 Å². The lowest BCUT2D eigenvalue weighted by atomic mass is 10.1. The van der Waals surface area contributed by atoms with Gasteiger partial charge in [0.15, 0.2) is 0 Å². The number of hydrogen-bond acceptors (Lipinski definition) is 4. The molecule has 1 aromatic carbocycles. The Morgan fingerprint density at radius 2 is 1.96 bits per heavy atom. The number of likely N-dealkylation sites (N-methyl/N-ethyl adjacent to an activating group) is 1. The first-order chi connectivity index (χ1) is 12.0. The van der Waals surface area contributed by atoms with Crippen molar-refractivity contribution in [1.82, 2.24) is 15.5 Å². The quantitative estimate of drug-likeness (QED) is 0.770. The van der Waals surface area contributed by atoms with E-state index < -0.39 is 0 Å². The van der Waals surface area contributed by atoms with Crippen molar-refractivity contribution in [3.63, 3.8) is 0 Å². The number of carbonyl (C=O) groups is 1. The summed E-state index contributed by atoms with van der Waals surface area (Å²) in [5, 5.41) is 5.86. The Labute approximate surface area is 149 Å². The van der Waals surface area contributed by atoms with Gasteiger partial charge in [0.25, 0.3) is 0 Å². The summed E-state index contributed by atoms with van der Waals surface area (Å²) >= 11 is 0. The summed E-state index contributed by atoms with van der Waals surface area (Å²) in [6.45, 7) is 5.00. The SMILES string of the molecule is CCOc1ccc(C(C)NC(=O)NCC(c2ccco2)N(C)C)cc1. The van der Waals surface area contributed by atoms with Gasteiger partial charge in [-0.2, -0.15) is 0 Å². The number of amides is 2. The highest BCUT2D eigenvalue weighted by Crippen LogP contribution is 2.19. The number of rotatable bonds is 8. The van der Waals surface area contributed by atoms with E-state index in [2.05, 4.69) is 10.6 Å². The lowest BCUT2D eigenvalue weighted by molar-refractivity contribution is 0.223. The van der Waals surface area contributed by atoms with Crippen LogP contribution in [0.2, 0.25) is 0 Å². The van der Waals surface area contributed by atoms with Crippen molar-refractivity contribution in [2.45, 2.75) is 25.9 Å². The maximum atomic E-state index is 12.2. The molecule has 2 aromatic rings. The Morgan fingerprint density at radius 3 is 2.52 bits per heavy atom. The molecule has 2 unspecified atom stereocenters. The minimum absolute atomic E-state index is 0.0125. The summed E-state index contributed by atoms with van der Waals surface area (Å²) in [6.07, 6.45) is 1.64. The molecule has 2 rings (SSSR count). The van der Waals surface area contributed by atoms with Crippen LogP contribution in [-0.2, 0) is 0 Å². The molecule has 0 spiro atoms. The van der Waals surface area contributed by atoms with Gasteiger partial charge in [-0.3, -0.25) is 4.90 Å². The fourth-order valence-electron chi connectivity index (χ4n) is 2.56. The van der Waals surface area contributed by atoms with Crippen LogP contribution in [-0.4, -0.2) is 38.2 Å². The van der Waals surface area contributed by atoms with Gasteiger partial charge in [-0.15, -0.1) is 0 Å². The summed E-state index contributed by atoms with van der Waals surface area (Å²) in [5.74, 6) is 1.65. The fraction of sp³-hybridized carbons (Fsp3) is 0.421. The molecule has 1 aromatic heterocycles. The zero-order chi connectivity index (χ0) is 18.2. The molecular weight excluding hydrogens is 318 g/mol. The van der Waals surface area contributed by atoms with Crippen molar-refractivity contribution >= 4 is 6.03 Å². The Morgan fingerprint density at radius 1 is 1.24 bits per heavy atom. The third-order valence-electron chi connectivity index (χ3n) is 3.99. The van der Waals surface area contributed by atoms with E-state index in [0.717, 1.165) is 17.1 Å². The van der Waals surface area contributed by atoms with Gasteiger partial charge >= 0.3 is 6.03 Å². The smallest absolute Gasteiger partial charge is 0.315 e. The Balaban J connectivity index is 1.86. The van der Waals surface area contributed by atoms with Crippen molar-refractivity contribution < 1.29 is 13.9 Å². The van der Waals surface area contributed by atoms with Crippen molar-refractivity contribution in [3.8, 4) is 5.75 Å². The second kappa shape index (κ2) is 9.13. The van der Waals surface area contributed by atoms with Gasteiger partial charge in [0.1, 0.15) is 11.5 Å². The zero-order valence-electron chi connectivity index (χ0n) is 15.3. The Kier molecular flexibility index (Phi) is 6.89. The van der Waals surface area contributed by atoms with E-state index in [4.69, 9.17) is 9.15 Å². The average molecular weight is 345 g/mol. The first-order valence-electron chi connectivity index (χ1n) is 8.48. The molecule has 0 aliphatic rings. The van der Waals surface area contributed by atoms with Crippen molar-refractivity contribution in [2.24, 2.45) is 0 Å². The lowest BCUT2D eigenvalue weighted by Gasteiger charge is -2.23. The molecule has 0 bridgehead atoms. The predicted molar refractivity (Wildman–Crippen MR) is 97.7 cm³/mol. The van der Waals surface area contributed by atoms with Gasteiger partial charge in [0, 0.05) is 6.54 Å². The van der Waals surface area contributed by atoms with E-state index in [0.29, 0.717) is 13.2 Å². The maximum absolute atomic E-state index is 12.2. The number of benzene rings is 1. The van der Waals surface area contributed by atoms with Crippen molar-refractivity contribution in [1.29, 1.82) is 0 Å². The highest BCUT2D eigenvalue weighted by atomic mass is 16.5. The number of nitrogens with zero attached hydrogens (tertiary/aromatic N) is 1. The molecular formula is C19H27N3O3. The molecule has 6 nitrogen and oxygen atoms in total. The minimum atomic E-state index is -0.209. The Hall–Kier alpha value is -2.47. The van der Waals surface area contributed by atoms with Crippen LogP contribution < -0.4 is 15.4 Å². The van der Waals surface area contributed by atoms with E-state index in [1.165, 1.54) is 0 Å². The van der Waals surface area contributed by atoms with E-state index in [-0.39, 0.29) is 18.1 Å². The molecule has 1 heterocycles. The number of ether oxygens (including phenoxy) is 1. The first-order valence-corrected chi connectivity index (χ1v) is 8.48. The van der Waals surface area contributed by atoms with Crippen LogP contribution in [0, 0.1) is 0 Å². The maximum Gasteiger partial charge on any atom is 0.315 e. The molecule has 136 valence electrons. The second-order valence-electron chi connectivity index (χ2n) is 6.07. The van der Waals surface area contributed by atoms with Crippen LogP contribution in [0.25, 0.3) is 0 Å². The van der Waals surface area contributed by atoms with E-state index in [9.17, 15) is 4.79 Å². The van der Waals surface area contributed by atoms with E-state index in [1.807, 2.05) is 69.2 Å². The molecule has 2 amide bonds. The monoisotopic (exact) mass is 345 g/mol. The Bertz CT molecular complexity index is 638. The van der Waals surface area contributed by atoms with Crippen LogP contribution in [0.5, 0.6) is 5.75 Å². The average Bonchev–Trinajstić information content (AvgIpc) is 3.10. The summed E-state index contributed by atoms with van der Waals surface area (Å²) in [6, 6.07) is 11.2. The van der Waals surface area contributed by atoms with Crippen molar-refractivity contribution in [2.75, 3.05) is 27.2 Å². The van der Waals surface area contributed by atoms with Crippen LogP contribution in [0.3, 0.4) is 0 Å². The number of carbonyl (C=O) groups excluding carboxylic acids is 1. The largest absolute Gasteiger partial charge is 0.494 e. The van der Waals surface area contributed by atoms with E-state index >= 15 is 0 Å². The van der Waals surface area contributed by atoms with Crippen LogP contribution in [0.4, 0.5) is 4.79 Å². The molecule has 0 radical (unpaired) electrons. The lowest BCUT2D eigenvalue weighted by Crippen LogP contribution is -2.41. The van der Waals surface area contributed by atoms with Gasteiger partial charge in [-0.1, -0.05) is 12.1 Å². The molecule has 0 aliphatic carbocycles. The van der Waals surface area contributed by atoms with Gasteiger partial charge in [0.2, 0.25) is 0 Å². The molecule has 25 heavy (non-hydrogen) atoms. The number of hydrogen-bond donors (Lipinski definition) is 2. The predicted octanol–water partition coefficient (Wildman–Crippen LogP) is 3.34. The van der Waals surface area contributed by atoms with Crippen LogP contribution >= 0.6 is 0 Å². The summed E-state index contributed by atoms with van der Waals surface area (Å²) in [5.41, 5.74) is 1.02. The standard InChI is InChI=1S/C19H27N3O3/c1-5-24-16-10-8-15(9-11-16)14(2)21-19(23)20-13-17(22(3)4)18-7-6-12-25-18/h6-12,14,17H,5,13H2,1-4H3,(H2,20,21,23). The molecule has 0 saturated heterocycles. The minimum Gasteiger partial charge on any atom is -0.494 e. The summed E-state index contributed by atoms with van der Waals surface area (Å²) in [7, 11) is 3.91. The summed E-state index contributed by atoms with van der Waals surface area (Å²) < 4.78 is 10.9. The van der Waals surface area contributed by atoms with E-state index in [1.54, 1.807) is 6.26 Å². The zero-order valence-corrected chi connectivity index (χ0v) is 15.3. The topological polar surface area (TPSA) is 66.7 Å². The van der Waals surface area contributed by atoms with Crippen LogP contribution in [0.15, 0.2) is 47.1 Å². The molecule has 0 fully saturated rings. The van der Waals surface area contributed by atoms with Crippen LogP contribution in [0.1, 0.15) is 37.3 Å². The normalized spacial score (nSPS) is 13.3. The van der Waals surface area contributed by atoms with Crippen molar-refractivity contribution in [3.05, 3.63) is 54.0 Å². The highest BCUT2D eigenvalue weighted by Gasteiger charge is 2.18. The number of furan rings is 1. The molecule has 6 heteroatoms. The molecule has 2 atom stereocenters. The van der Waals surface area contributed by atoms with Gasteiger partial charge in [0.05, 0.1) is 25.0 Å². The third-order valence-corrected chi connectivity index (χ3v) is 3.99. The van der Waals surface area contributed by atoms with Gasteiger partial charge in [-0.05, 0) is 57.8 Å².